The molecule has 7 heteroatoms. The fourth-order valence-electron chi connectivity index (χ4n) is 3.70. The Bertz CT molecular complexity index is 1080. The molecule has 0 aliphatic heterocycles. The second kappa shape index (κ2) is 12.1. The Balaban J connectivity index is 1.71. The lowest BCUT2D eigenvalue weighted by Gasteiger charge is -2.20. The molecule has 0 aliphatic carbocycles. The first-order valence-electron chi connectivity index (χ1n) is 12.0. The van der Waals surface area contributed by atoms with Gasteiger partial charge in [0.05, 0.1) is 5.75 Å². The molecule has 1 N–H and O–H groups in total. The van der Waals surface area contributed by atoms with Gasteiger partial charge in [-0.1, -0.05) is 76.7 Å². The Hall–Kier alpha value is -2.80. The third-order valence-electron chi connectivity index (χ3n) is 5.48. The summed E-state index contributed by atoms with van der Waals surface area (Å²) in [6.45, 7) is 13.5. The van der Waals surface area contributed by atoms with Crippen molar-refractivity contribution in [1.82, 2.24) is 14.8 Å². The average Bonchev–Trinajstić information content (AvgIpc) is 3.20. The molecule has 2 aromatic carbocycles. The lowest BCUT2D eigenvalue weighted by Crippen LogP contribution is -2.17. The summed E-state index contributed by atoms with van der Waals surface area (Å²) in [5, 5.41) is 12.6. The molecule has 1 unspecified atom stereocenters. The van der Waals surface area contributed by atoms with Crippen LogP contribution in [0.1, 0.15) is 70.5 Å². The van der Waals surface area contributed by atoms with Crippen molar-refractivity contribution in [2.45, 2.75) is 71.7 Å². The topological polar surface area (TPSA) is 69.0 Å². The number of carbonyl (C=O) groups is 1. The second-order valence-corrected chi connectivity index (χ2v) is 10.1. The molecule has 0 saturated carbocycles. The Kier molecular flexibility index (Phi) is 9.16. The Labute approximate surface area is 207 Å². The molecule has 6 nitrogen and oxygen atoms in total. The zero-order valence-electron chi connectivity index (χ0n) is 21.0. The lowest BCUT2D eigenvalue weighted by molar-refractivity contribution is -0.113. The standard InChI is InChI=1S/C27H36N4O2S/c1-7-21-12-14-22(15-13-21)28-25(32)17-34-27-30-29-26(31(27)16-18(2)3)20(6)33-24-11-9-8-10-23(24)19(4)5/h8-15,18-20H,7,16-17H2,1-6H3,(H,28,32). The minimum absolute atomic E-state index is 0.0648. The lowest BCUT2D eigenvalue weighted by atomic mass is 10.0. The molecule has 3 rings (SSSR count). The summed E-state index contributed by atoms with van der Waals surface area (Å²) in [4.78, 5) is 12.5. The first-order chi connectivity index (χ1) is 16.3. The highest BCUT2D eigenvalue weighted by molar-refractivity contribution is 7.99. The van der Waals surface area contributed by atoms with Gasteiger partial charge in [0.1, 0.15) is 5.75 Å². The van der Waals surface area contributed by atoms with E-state index in [1.165, 1.54) is 22.9 Å². The van der Waals surface area contributed by atoms with Crippen LogP contribution in [0.2, 0.25) is 0 Å². The highest BCUT2D eigenvalue weighted by atomic mass is 32.2. The van der Waals surface area contributed by atoms with Gasteiger partial charge in [-0.3, -0.25) is 4.79 Å². The molecular formula is C27H36N4O2S. The van der Waals surface area contributed by atoms with Gasteiger partial charge in [0.15, 0.2) is 17.1 Å². The van der Waals surface area contributed by atoms with Crippen molar-refractivity contribution in [3.8, 4) is 5.75 Å². The molecule has 1 aromatic heterocycles. The van der Waals surface area contributed by atoms with Gasteiger partial charge in [-0.2, -0.15) is 0 Å². The number of aromatic nitrogens is 3. The summed E-state index contributed by atoms with van der Waals surface area (Å²) in [6, 6.07) is 16.1. The van der Waals surface area contributed by atoms with Crippen LogP contribution in [0.5, 0.6) is 5.75 Å². The van der Waals surface area contributed by atoms with Crippen LogP contribution in [-0.2, 0) is 17.8 Å². The van der Waals surface area contributed by atoms with Gasteiger partial charge < -0.3 is 14.6 Å². The molecule has 0 saturated heterocycles. The van der Waals surface area contributed by atoms with Crippen molar-refractivity contribution in [1.29, 1.82) is 0 Å². The minimum Gasteiger partial charge on any atom is -0.482 e. The van der Waals surface area contributed by atoms with Gasteiger partial charge in [-0.15, -0.1) is 10.2 Å². The fourth-order valence-corrected chi connectivity index (χ4v) is 4.46. The number of hydrogen-bond donors (Lipinski definition) is 1. The zero-order chi connectivity index (χ0) is 24.7. The van der Waals surface area contributed by atoms with Crippen molar-refractivity contribution >= 4 is 23.4 Å². The van der Waals surface area contributed by atoms with Gasteiger partial charge in [0, 0.05) is 12.2 Å². The smallest absolute Gasteiger partial charge is 0.234 e. The summed E-state index contributed by atoms with van der Waals surface area (Å²) in [5.74, 6) is 2.59. The Morgan fingerprint density at radius 3 is 2.38 bits per heavy atom. The maximum Gasteiger partial charge on any atom is 0.234 e. The number of rotatable bonds is 11. The van der Waals surface area contributed by atoms with Crippen LogP contribution >= 0.6 is 11.8 Å². The normalized spacial score (nSPS) is 12.2. The number of carbonyl (C=O) groups excluding carboxylic acids is 1. The van der Waals surface area contributed by atoms with Gasteiger partial charge in [0.2, 0.25) is 5.91 Å². The van der Waals surface area contributed by atoms with Gasteiger partial charge >= 0.3 is 0 Å². The molecule has 0 aliphatic rings. The predicted molar refractivity (Wildman–Crippen MR) is 140 cm³/mol. The number of aryl methyl sites for hydroxylation is 1. The van der Waals surface area contributed by atoms with Crippen molar-refractivity contribution in [2.75, 3.05) is 11.1 Å². The molecule has 1 heterocycles. The van der Waals surface area contributed by atoms with Crippen LogP contribution in [0.4, 0.5) is 5.69 Å². The van der Waals surface area contributed by atoms with Gasteiger partial charge in [-0.05, 0) is 54.5 Å². The van der Waals surface area contributed by atoms with Crippen molar-refractivity contribution in [2.24, 2.45) is 5.92 Å². The number of nitrogens with one attached hydrogen (secondary N) is 1. The van der Waals surface area contributed by atoms with E-state index in [4.69, 9.17) is 4.74 Å². The Morgan fingerprint density at radius 2 is 1.74 bits per heavy atom. The number of nitrogens with zero attached hydrogens (tertiary/aromatic N) is 3. The van der Waals surface area contributed by atoms with Crippen molar-refractivity contribution in [3.63, 3.8) is 0 Å². The van der Waals surface area contributed by atoms with Crippen LogP contribution in [0.15, 0.2) is 53.7 Å². The van der Waals surface area contributed by atoms with Crippen LogP contribution < -0.4 is 10.1 Å². The highest BCUT2D eigenvalue weighted by Crippen LogP contribution is 2.31. The molecule has 3 aromatic rings. The fraction of sp³-hybridized carbons (Fsp3) is 0.444. The average molecular weight is 481 g/mol. The summed E-state index contributed by atoms with van der Waals surface area (Å²) in [5.41, 5.74) is 3.22. The number of ether oxygens (including phenoxy) is 1. The third kappa shape index (κ3) is 6.86. The summed E-state index contributed by atoms with van der Waals surface area (Å²) >= 11 is 1.40. The molecule has 1 amide bonds. The molecule has 0 fully saturated rings. The molecule has 0 radical (unpaired) electrons. The molecular weight excluding hydrogens is 444 g/mol. The van der Waals surface area contributed by atoms with E-state index in [0.717, 1.165) is 35.4 Å². The Morgan fingerprint density at radius 1 is 1.03 bits per heavy atom. The number of thioether (sulfide) groups is 1. The van der Waals surface area contributed by atoms with Crippen molar-refractivity contribution in [3.05, 3.63) is 65.5 Å². The number of para-hydroxylation sites is 1. The van der Waals surface area contributed by atoms with Crippen LogP contribution in [-0.4, -0.2) is 26.4 Å². The van der Waals surface area contributed by atoms with E-state index in [1.807, 2.05) is 49.4 Å². The molecule has 0 bridgehead atoms. The van der Waals surface area contributed by atoms with Crippen LogP contribution in [0, 0.1) is 5.92 Å². The first-order valence-corrected chi connectivity index (χ1v) is 13.0. The first kappa shape index (κ1) is 25.8. The monoisotopic (exact) mass is 480 g/mol. The number of hydrogen-bond acceptors (Lipinski definition) is 5. The third-order valence-corrected chi connectivity index (χ3v) is 6.45. The van der Waals surface area contributed by atoms with E-state index in [2.05, 4.69) is 60.8 Å². The van der Waals surface area contributed by atoms with E-state index in [9.17, 15) is 4.79 Å². The van der Waals surface area contributed by atoms with Crippen LogP contribution in [0.3, 0.4) is 0 Å². The van der Waals surface area contributed by atoms with Crippen molar-refractivity contribution < 1.29 is 9.53 Å². The van der Waals surface area contributed by atoms with Gasteiger partial charge in [0.25, 0.3) is 0 Å². The largest absolute Gasteiger partial charge is 0.482 e. The van der Waals surface area contributed by atoms with E-state index in [-0.39, 0.29) is 17.8 Å². The number of benzene rings is 2. The number of anilines is 1. The van der Waals surface area contributed by atoms with E-state index in [0.29, 0.717) is 11.8 Å². The molecule has 182 valence electrons. The summed E-state index contributed by atoms with van der Waals surface area (Å²) in [7, 11) is 0. The quantitative estimate of drug-likeness (QED) is 0.318. The van der Waals surface area contributed by atoms with Crippen LogP contribution in [0.25, 0.3) is 0 Å². The second-order valence-electron chi connectivity index (χ2n) is 9.19. The van der Waals surface area contributed by atoms with E-state index < -0.39 is 0 Å². The highest BCUT2D eigenvalue weighted by Gasteiger charge is 2.22. The zero-order valence-corrected chi connectivity index (χ0v) is 21.9. The SMILES string of the molecule is CCc1ccc(NC(=O)CSc2nnc(C(C)Oc3ccccc3C(C)C)n2CC(C)C)cc1. The predicted octanol–water partition coefficient (Wildman–Crippen LogP) is 6.49. The van der Waals surface area contributed by atoms with E-state index in [1.54, 1.807) is 0 Å². The number of amides is 1. The summed E-state index contributed by atoms with van der Waals surface area (Å²) < 4.78 is 8.42. The van der Waals surface area contributed by atoms with E-state index >= 15 is 0 Å². The molecule has 34 heavy (non-hydrogen) atoms. The maximum absolute atomic E-state index is 12.5. The maximum atomic E-state index is 12.5. The molecule has 0 spiro atoms. The summed E-state index contributed by atoms with van der Waals surface area (Å²) in [6.07, 6.45) is 0.703. The van der Waals surface area contributed by atoms with Gasteiger partial charge in [-0.25, -0.2) is 0 Å². The molecule has 1 atom stereocenters. The minimum atomic E-state index is -0.272.